The fourth-order valence-corrected chi connectivity index (χ4v) is 5.09. The molecule has 152 valence electrons. The second-order valence-corrected chi connectivity index (χ2v) is 9.61. The number of thioether (sulfide) groups is 1. The fraction of sp³-hybridized carbons (Fsp3) is 0.105. The molecular formula is C19H14ClN5O2S3. The SMILES string of the molecule is O=C(CSc1nnc(NC(=O)c2nc3ccccc3s2)s1)NCc1ccccc1Cl. The molecule has 0 aliphatic heterocycles. The van der Waals surface area contributed by atoms with Gasteiger partial charge in [0.15, 0.2) is 9.35 Å². The summed E-state index contributed by atoms with van der Waals surface area (Å²) in [6.45, 7) is 0.360. The Labute approximate surface area is 188 Å². The zero-order chi connectivity index (χ0) is 20.9. The van der Waals surface area contributed by atoms with Crippen LogP contribution in [-0.2, 0) is 11.3 Å². The molecule has 0 saturated carbocycles. The van der Waals surface area contributed by atoms with Gasteiger partial charge in [0.1, 0.15) is 0 Å². The van der Waals surface area contributed by atoms with Crippen molar-refractivity contribution in [3.8, 4) is 0 Å². The first-order valence-corrected chi connectivity index (χ1v) is 11.7. The number of aromatic nitrogens is 3. The standard InChI is InChI=1S/C19H14ClN5O2S3/c20-12-6-2-1-5-11(12)9-21-15(26)10-28-19-25-24-18(30-19)23-16(27)17-22-13-7-3-4-8-14(13)29-17/h1-8H,9-10H2,(H,21,26)(H,23,24,27). The predicted molar refractivity (Wildman–Crippen MR) is 122 cm³/mol. The lowest BCUT2D eigenvalue weighted by Crippen LogP contribution is -2.24. The van der Waals surface area contributed by atoms with E-state index in [1.54, 1.807) is 6.07 Å². The number of anilines is 1. The molecule has 0 aliphatic rings. The van der Waals surface area contributed by atoms with Crippen molar-refractivity contribution in [1.29, 1.82) is 0 Å². The van der Waals surface area contributed by atoms with Gasteiger partial charge in [0.05, 0.1) is 16.0 Å². The molecule has 30 heavy (non-hydrogen) atoms. The fourth-order valence-electron chi connectivity index (χ4n) is 2.45. The zero-order valence-electron chi connectivity index (χ0n) is 15.3. The molecule has 0 bridgehead atoms. The summed E-state index contributed by atoms with van der Waals surface area (Å²) in [4.78, 5) is 28.8. The van der Waals surface area contributed by atoms with Gasteiger partial charge >= 0.3 is 0 Å². The van der Waals surface area contributed by atoms with Crippen molar-refractivity contribution in [3.05, 3.63) is 64.1 Å². The van der Waals surface area contributed by atoms with Crippen LogP contribution in [-0.4, -0.2) is 32.7 Å². The van der Waals surface area contributed by atoms with Gasteiger partial charge in [-0.05, 0) is 23.8 Å². The number of carbonyl (C=O) groups excluding carboxylic acids is 2. The number of rotatable bonds is 7. The molecule has 0 atom stereocenters. The van der Waals surface area contributed by atoms with E-state index in [9.17, 15) is 9.59 Å². The van der Waals surface area contributed by atoms with Crippen molar-refractivity contribution < 1.29 is 9.59 Å². The minimum Gasteiger partial charge on any atom is -0.351 e. The molecule has 4 rings (SSSR count). The number of carbonyl (C=O) groups is 2. The Morgan fingerprint density at radius 3 is 2.67 bits per heavy atom. The van der Waals surface area contributed by atoms with Crippen LogP contribution in [0.15, 0.2) is 52.9 Å². The van der Waals surface area contributed by atoms with Gasteiger partial charge in [-0.2, -0.15) is 0 Å². The Bertz CT molecular complexity index is 1180. The van der Waals surface area contributed by atoms with Crippen LogP contribution < -0.4 is 10.6 Å². The highest BCUT2D eigenvalue weighted by Crippen LogP contribution is 2.27. The topological polar surface area (TPSA) is 96.9 Å². The Morgan fingerprint density at radius 2 is 1.83 bits per heavy atom. The van der Waals surface area contributed by atoms with Crippen LogP contribution in [0.5, 0.6) is 0 Å². The van der Waals surface area contributed by atoms with E-state index in [1.807, 2.05) is 42.5 Å². The number of para-hydroxylation sites is 1. The highest BCUT2D eigenvalue weighted by molar-refractivity contribution is 8.01. The Balaban J connectivity index is 1.28. The molecule has 0 aliphatic carbocycles. The molecule has 0 radical (unpaired) electrons. The normalized spacial score (nSPS) is 10.8. The predicted octanol–water partition coefficient (Wildman–Crippen LogP) is 4.46. The minimum atomic E-state index is -0.332. The Kier molecular flexibility index (Phi) is 6.58. The van der Waals surface area contributed by atoms with Crippen LogP contribution in [0.2, 0.25) is 5.02 Å². The van der Waals surface area contributed by atoms with Crippen LogP contribution >= 0.6 is 46.0 Å². The maximum absolute atomic E-state index is 12.4. The molecule has 2 aromatic carbocycles. The number of fused-ring (bicyclic) bond motifs is 1. The Hall–Kier alpha value is -2.53. The third-order valence-corrected chi connectivity index (χ3v) is 7.25. The van der Waals surface area contributed by atoms with Crippen molar-refractivity contribution >= 4 is 73.2 Å². The first kappa shape index (κ1) is 20.7. The quantitative estimate of drug-likeness (QED) is 0.302. The summed E-state index contributed by atoms with van der Waals surface area (Å²) in [6.07, 6.45) is 0. The zero-order valence-corrected chi connectivity index (χ0v) is 18.5. The van der Waals surface area contributed by atoms with E-state index in [1.165, 1.54) is 34.4 Å². The van der Waals surface area contributed by atoms with Crippen molar-refractivity contribution in [2.24, 2.45) is 0 Å². The maximum atomic E-state index is 12.4. The molecule has 7 nitrogen and oxygen atoms in total. The number of hydrogen-bond acceptors (Lipinski definition) is 8. The van der Waals surface area contributed by atoms with Crippen LogP contribution in [0.1, 0.15) is 15.4 Å². The van der Waals surface area contributed by atoms with Gasteiger partial charge in [0.25, 0.3) is 5.91 Å². The molecule has 0 spiro atoms. The monoisotopic (exact) mass is 475 g/mol. The second-order valence-electron chi connectivity index (χ2n) is 5.97. The summed E-state index contributed by atoms with van der Waals surface area (Å²) < 4.78 is 1.53. The third kappa shape index (κ3) is 5.14. The lowest BCUT2D eigenvalue weighted by atomic mass is 10.2. The van der Waals surface area contributed by atoms with E-state index < -0.39 is 0 Å². The number of nitrogens with one attached hydrogen (secondary N) is 2. The summed E-state index contributed by atoms with van der Waals surface area (Å²) in [5, 5.41) is 14.8. The van der Waals surface area contributed by atoms with Gasteiger partial charge in [0.2, 0.25) is 11.0 Å². The molecule has 11 heteroatoms. The molecule has 2 aromatic heterocycles. The average molecular weight is 476 g/mol. The first-order valence-electron chi connectivity index (χ1n) is 8.72. The highest BCUT2D eigenvalue weighted by atomic mass is 35.5. The van der Waals surface area contributed by atoms with Crippen molar-refractivity contribution in [1.82, 2.24) is 20.5 Å². The number of benzene rings is 2. The number of nitrogens with zero attached hydrogens (tertiary/aromatic N) is 3. The first-order chi connectivity index (χ1) is 14.6. The molecule has 0 saturated heterocycles. The van der Waals surface area contributed by atoms with Crippen molar-refractivity contribution in [3.63, 3.8) is 0 Å². The van der Waals surface area contributed by atoms with Crippen molar-refractivity contribution in [2.75, 3.05) is 11.1 Å². The largest absolute Gasteiger partial charge is 0.351 e. The lowest BCUT2D eigenvalue weighted by Gasteiger charge is -2.05. The van der Waals surface area contributed by atoms with E-state index >= 15 is 0 Å². The molecule has 2 amide bonds. The molecule has 2 N–H and O–H groups in total. The minimum absolute atomic E-state index is 0.143. The van der Waals surface area contributed by atoms with Gasteiger partial charge in [-0.1, -0.05) is 65.0 Å². The molecule has 2 heterocycles. The molecule has 0 unspecified atom stereocenters. The van der Waals surface area contributed by atoms with Gasteiger partial charge in [-0.3, -0.25) is 14.9 Å². The number of halogens is 1. The molecular weight excluding hydrogens is 462 g/mol. The second kappa shape index (κ2) is 9.52. The number of thiazole rings is 1. The average Bonchev–Trinajstić information content (AvgIpc) is 3.38. The number of hydrogen-bond donors (Lipinski definition) is 2. The lowest BCUT2D eigenvalue weighted by molar-refractivity contribution is -0.118. The maximum Gasteiger partial charge on any atom is 0.286 e. The van der Waals surface area contributed by atoms with Gasteiger partial charge < -0.3 is 5.32 Å². The van der Waals surface area contributed by atoms with Gasteiger partial charge in [-0.25, -0.2) is 4.98 Å². The highest BCUT2D eigenvalue weighted by Gasteiger charge is 2.15. The summed E-state index contributed by atoms with van der Waals surface area (Å²) in [5.41, 5.74) is 1.64. The molecule has 0 fully saturated rings. The van der Waals surface area contributed by atoms with Crippen molar-refractivity contribution in [2.45, 2.75) is 10.9 Å². The van der Waals surface area contributed by atoms with Gasteiger partial charge in [-0.15, -0.1) is 21.5 Å². The van der Waals surface area contributed by atoms with E-state index in [2.05, 4.69) is 25.8 Å². The summed E-state index contributed by atoms with van der Waals surface area (Å²) in [6, 6.07) is 14.9. The van der Waals surface area contributed by atoms with E-state index in [0.29, 0.717) is 26.0 Å². The van der Waals surface area contributed by atoms with Crippen LogP contribution in [0.3, 0.4) is 0 Å². The number of amides is 2. The smallest absolute Gasteiger partial charge is 0.286 e. The summed E-state index contributed by atoms with van der Waals surface area (Å²) >= 11 is 9.85. The van der Waals surface area contributed by atoms with E-state index in [0.717, 1.165) is 15.8 Å². The van der Waals surface area contributed by atoms with Crippen LogP contribution in [0.25, 0.3) is 10.2 Å². The van der Waals surface area contributed by atoms with E-state index in [-0.39, 0.29) is 17.6 Å². The van der Waals surface area contributed by atoms with Gasteiger partial charge in [0, 0.05) is 11.6 Å². The van der Waals surface area contributed by atoms with E-state index in [4.69, 9.17) is 11.6 Å². The summed E-state index contributed by atoms with van der Waals surface area (Å²) in [5.74, 6) is -0.290. The van der Waals surface area contributed by atoms with Crippen LogP contribution in [0, 0.1) is 0 Å². The molecule has 4 aromatic rings. The third-order valence-electron chi connectivity index (χ3n) is 3.88. The summed E-state index contributed by atoms with van der Waals surface area (Å²) in [7, 11) is 0. The Morgan fingerprint density at radius 1 is 1.03 bits per heavy atom. The van der Waals surface area contributed by atoms with Crippen LogP contribution in [0.4, 0.5) is 5.13 Å².